The number of hydrogen-bond donors (Lipinski definition) is 0. The first-order valence-electron chi connectivity index (χ1n) is 8.69. The molecule has 0 N–H and O–H groups in total. The molecule has 2 aromatic rings. The lowest BCUT2D eigenvalue weighted by Crippen LogP contribution is -2.61. The maximum absolute atomic E-state index is 12.8. The van der Waals surface area contributed by atoms with Gasteiger partial charge in [-0.3, -0.25) is 9.69 Å². The van der Waals surface area contributed by atoms with E-state index in [1.807, 2.05) is 12.1 Å². The Bertz CT molecular complexity index is 828. The van der Waals surface area contributed by atoms with Crippen molar-refractivity contribution >= 4 is 5.91 Å². The first kappa shape index (κ1) is 17.1. The highest BCUT2D eigenvalue weighted by atomic mass is 19.4. The number of rotatable bonds is 2. The quantitative estimate of drug-likeness (QED) is 0.817. The number of alkyl halides is 3. The van der Waals surface area contributed by atoms with E-state index in [0.717, 1.165) is 31.6 Å². The molecule has 2 aliphatic heterocycles. The highest BCUT2D eigenvalue weighted by molar-refractivity contribution is 5.95. The second-order valence-electron chi connectivity index (χ2n) is 6.93. The Balaban J connectivity index is 1.39. The number of likely N-dealkylation sites (tertiary alicyclic amines) is 1. The molecule has 4 rings (SSSR count). The van der Waals surface area contributed by atoms with Gasteiger partial charge < -0.3 is 4.90 Å². The summed E-state index contributed by atoms with van der Waals surface area (Å²) >= 11 is 0. The zero-order valence-corrected chi connectivity index (χ0v) is 14.2. The summed E-state index contributed by atoms with van der Waals surface area (Å²) in [4.78, 5) is 16.5. The maximum atomic E-state index is 12.8. The van der Waals surface area contributed by atoms with Gasteiger partial charge in [-0.2, -0.15) is 13.2 Å². The number of hydrogen-bond acceptors (Lipinski definition) is 2. The van der Waals surface area contributed by atoms with Crippen LogP contribution < -0.4 is 0 Å². The van der Waals surface area contributed by atoms with Gasteiger partial charge in [-0.25, -0.2) is 0 Å². The number of carbonyl (C=O) groups is 1. The monoisotopic (exact) mass is 360 g/mol. The minimum atomic E-state index is -4.44. The van der Waals surface area contributed by atoms with E-state index in [2.05, 4.69) is 17.0 Å². The Labute approximate surface area is 150 Å². The van der Waals surface area contributed by atoms with Gasteiger partial charge in [-0.15, -0.1) is 0 Å². The van der Waals surface area contributed by atoms with Crippen LogP contribution in [0.5, 0.6) is 0 Å². The Morgan fingerprint density at radius 1 is 1.00 bits per heavy atom. The molecule has 1 fully saturated rings. The van der Waals surface area contributed by atoms with Crippen molar-refractivity contribution in [2.75, 3.05) is 19.6 Å². The largest absolute Gasteiger partial charge is 0.416 e. The van der Waals surface area contributed by atoms with E-state index in [0.29, 0.717) is 13.1 Å². The molecule has 2 aromatic carbocycles. The van der Waals surface area contributed by atoms with Gasteiger partial charge in [-0.05, 0) is 35.7 Å². The lowest BCUT2D eigenvalue weighted by molar-refractivity contribution is -0.137. The molecule has 0 aromatic heterocycles. The van der Waals surface area contributed by atoms with Crippen LogP contribution in [0, 0.1) is 0 Å². The normalized spacial score (nSPS) is 18.3. The predicted octanol–water partition coefficient (Wildman–Crippen LogP) is 3.59. The van der Waals surface area contributed by atoms with Crippen molar-refractivity contribution in [3.8, 4) is 0 Å². The van der Waals surface area contributed by atoms with Crippen LogP contribution in [0.25, 0.3) is 0 Å². The average molecular weight is 360 g/mol. The molecule has 2 heterocycles. The molecule has 0 atom stereocenters. The van der Waals surface area contributed by atoms with Crippen molar-refractivity contribution < 1.29 is 18.0 Å². The zero-order valence-electron chi connectivity index (χ0n) is 14.2. The molecular weight excluding hydrogens is 341 g/mol. The van der Waals surface area contributed by atoms with E-state index >= 15 is 0 Å². The average Bonchev–Trinajstić information content (AvgIpc) is 2.59. The molecule has 0 unspecified atom stereocenters. The van der Waals surface area contributed by atoms with Crippen molar-refractivity contribution in [2.24, 2.45) is 0 Å². The molecule has 0 radical (unpaired) electrons. The second-order valence-corrected chi connectivity index (χ2v) is 6.93. The van der Waals surface area contributed by atoms with Gasteiger partial charge in [0.05, 0.1) is 5.56 Å². The Hall–Kier alpha value is -2.34. The minimum Gasteiger partial charge on any atom is -0.335 e. The Kier molecular flexibility index (Phi) is 4.23. The third-order valence-corrected chi connectivity index (χ3v) is 5.26. The lowest BCUT2D eigenvalue weighted by atomic mass is 9.96. The van der Waals surface area contributed by atoms with Gasteiger partial charge in [-0.1, -0.05) is 30.3 Å². The minimum absolute atomic E-state index is 0.0993. The van der Waals surface area contributed by atoms with Crippen molar-refractivity contribution in [2.45, 2.75) is 25.2 Å². The highest BCUT2D eigenvalue weighted by Gasteiger charge is 2.37. The van der Waals surface area contributed by atoms with Crippen LogP contribution in [0.1, 0.15) is 27.0 Å². The second kappa shape index (κ2) is 6.43. The van der Waals surface area contributed by atoms with Gasteiger partial charge in [0.25, 0.3) is 5.91 Å². The summed E-state index contributed by atoms with van der Waals surface area (Å²) in [7, 11) is 0. The van der Waals surface area contributed by atoms with Gasteiger partial charge in [0.15, 0.2) is 0 Å². The van der Waals surface area contributed by atoms with E-state index < -0.39 is 11.7 Å². The summed E-state index contributed by atoms with van der Waals surface area (Å²) in [5, 5.41) is 0. The summed E-state index contributed by atoms with van der Waals surface area (Å²) in [6.07, 6.45) is -3.44. The van der Waals surface area contributed by atoms with E-state index in [4.69, 9.17) is 0 Å². The number of nitrogens with zero attached hydrogens (tertiary/aromatic N) is 2. The van der Waals surface area contributed by atoms with E-state index in [1.165, 1.54) is 23.3 Å². The molecule has 136 valence electrons. The first-order valence-corrected chi connectivity index (χ1v) is 8.69. The summed E-state index contributed by atoms with van der Waals surface area (Å²) in [5.74, 6) is -0.329. The fourth-order valence-corrected chi connectivity index (χ4v) is 3.69. The molecule has 0 bridgehead atoms. The molecule has 3 nitrogen and oxygen atoms in total. The number of benzene rings is 2. The van der Waals surface area contributed by atoms with E-state index in [-0.39, 0.29) is 17.5 Å². The first-order chi connectivity index (χ1) is 12.4. The molecule has 0 saturated carbocycles. The molecule has 1 saturated heterocycles. The molecule has 2 aliphatic rings. The maximum Gasteiger partial charge on any atom is 0.416 e. The van der Waals surface area contributed by atoms with Gasteiger partial charge >= 0.3 is 6.18 Å². The fraction of sp³-hybridized carbons (Fsp3) is 0.350. The van der Waals surface area contributed by atoms with Crippen LogP contribution in [0.15, 0.2) is 48.5 Å². The highest BCUT2D eigenvalue weighted by Crippen LogP contribution is 2.30. The van der Waals surface area contributed by atoms with Crippen molar-refractivity contribution in [3.05, 3.63) is 70.8 Å². The summed E-state index contributed by atoms with van der Waals surface area (Å²) in [6.45, 7) is 2.95. The Morgan fingerprint density at radius 2 is 1.73 bits per heavy atom. The molecule has 6 heteroatoms. The standard InChI is InChI=1S/C20H19F3N2O/c21-20(22,23)17-7-3-6-15(10-17)19(26)25-12-18(13-25)24-9-8-14-4-1-2-5-16(14)11-24/h1-7,10,18H,8-9,11-13H2. The van der Waals surface area contributed by atoms with E-state index in [1.54, 1.807) is 4.90 Å². The van der Waals surface area contributed by atoms with Crippen LogP contribution in [0.2, 0.25) is 0 Å². The van der Waals surface area contributed by atoms with Crippen molar-refractivity contribution in [1.82, 2.24) is 9.80 Å². The summed E-state index contributed by atoms with van der Waals surface area (Å²) in [6, 6.07) is 13.3. The summed E-state index contributed by atoms with van der Waals surface area (Å²) < 4.78 is 38.5. The van der Waals surface area contributed by atoms with Crippen LogP contribution in [-0.2, 0) is 19.1 Å². The molecule has 1 amide bonds. The van der Waals surface area contributed by atoms with Crippen LogP contribution in [0.4, 0.5) is 13.2 Å². The van der Waals surface area contributed by atoms with Crippen molar-refractivity contribution in [1.29, 1.82) is 0 Å². The number of halogens is 3. The van der Waals surface area contributed by atoms with Crippen molar-refractivity contribution in [3.63, 3.8) is 0 Å². The lowest BCUT2D eigenvalue weighted by Gasteiger charge is -2.47. The zero-order chi connectivity index (χ0) is 18.3. The number of amides is 1. The van der Waals surface area contributed by atoms with Crippen LogP contribution in [-0.4, -0.2) is 41.4 Å². The number of carbonyl (C=O) groups excluding carboxylic acids is 1. The van der Waals surface area contributed by atoms with Gasteiger partial charge in [0, 0.05) is 37.8 Å². The Morgan fingerprint density at radius 3 is 2.46 bits per heavy atom. The smallest absolute Gasteiger partial charge is 0.335 e. The SMILES string of the molecule is O=C(c1cccc(C(F)(F)F)c1)N1CC(N2CCc3ccccc3C2)C1. The summed E-state index contributed by atoms with van der Waals surface area (Å²) in [5.41, 5.74) is 2.01. The number of fused-ring (bicyclic) bond motifs is 1. The predicted molar refractivity (Wildman–Crippen MR) is 91.7 cm³/mol. The third kappa shape index (κ3) is 3.21. The molecule has 26 heavy (non-hydrogen) atoms. The van der Waals surface area contributed by atoms with E-state index in [9.17, 15) is 18.0 Å². The fourth-order valence-electron chi connectivity index (χ4n) is 3.69. The molecule has 0 aliphatic carbocycles. The topological polar surface area (TPSA) is 23.6 Å². The third-order valence-electron chi connectivity index (χ3n) is 5.26. The van der Waals surface area contributed by atoms with Crippen LogP contribution in [0.3, 0.4) is 0 Å². The van der Waals surface area contributed by atoms with Gasteiger partial charge in [0.1, 0.15) is 0 Å². The van der Waals surface area contributed by atoms with Gasteiger partial charge in [0.2, 0.25) is 0 Å². The molecule has 0 spiro atoms. The van der Waals surface area contributed by atoms with Crippen LogP contribution >= 0.6 is 0 Å². The molecular formula is C20H19F3N2O.